The van der Waals surface area contributed by atoms with Gasteiger partial charge in [0.15, 0.2) is 0 Å². The second-order valence-electron chi connectivity index (χ2n) is 7.74. The number of carbonyl (C=O) groups excluding carboxylic acids is 1. The summed E-state index contributed by atoms with van der Waals surface area (Å²) in [4.78, 5) is 12.3. The molecule has 2 unspecified atom stereocenters. The third-order valence-electron chi connectivity index (χ3n) is 6.64. The van der Waals surface area contributed by atoms with Crippen molar-refractivity contribution < 1.29 is 22.7 Å². The average molecular weight is 338 g/mol. The first-order chi connectivity index (χ1) is 11.3. The van der Waals surface area contributed by atoms with Crippen LogP contribution in [-0.4, -0.2) is 12.1 Å². The highest BCUT2D eigenvalue weighted by Crippen LogP contribution is 2.59. The molecular formula is C19H21F3O2. The van der Waals surface area contributed by atoms with Crippen LogP contribution in [0.25, 0.3) is 0 Å². The van der Waals surface area contributed by atoms with Gasteiger partial charge in [-0.05, 0) is 73.1 Å². The fourth-order valence-electron chi connectivity index (χ4n) is 5.53. The molecule has 1 aromatic carbocycles. The number of aryl methyl sites for hydroxylation is 1. The van der Waals surface area contributed by atoms with Gasteiger partial charge in [0.05, 0.1) is 0 Å². The van der Waals surface area contributed by atoms with Crippen LogP contribution in [-0.2, 0) is 11.2 Å². The van der Waals surface area contributed by atoms with Crippen LogP contribution in [0.2, 0.25) is 0 Å². The van der Waals surface area contributed by atoms with Gasteiger partial charge < -0.3 is 4.74 Å². The largest absolute Gasteiger partial charge is 0.573 e. The molecule has 0 amide bonds. The van der Waals surface area contributed by atoms with E-state index in [0.29, 0.717) is 30.0 Å². The standard InChI is InChI=1S/C19H21F3O2/c1-18-9-8-14-13-5-3-12(24-19(20,21)22)10-11(13)2-4-15(14)16(18)6-7-17(18)23/h3,5,10,14-16H,2,4,6-9H2,1H3/t14-,15?,16+,18?/m1/s1. The number of benzene rings is 1. The van der Waals surface area contributed by atoms with Crippen molar-refractivity contribution in [1.82, 2.24) is 0 Å². The number of alkyl halides is 3. The Balaban J connectivity index is 1.62. The smallest absolute Gasteiger partial charge is 0.406 e. The molecule has 1 aromatic rings. The van der Waals surface area contributed by atoms with Crippen molar-refractivity contribution in [2.75, 3.05) is 0 Å². The Kier molecular flexibility index (Phi) is 3.49. The molecule has 0 aromatic heterocycles. The van der Waals surface area contributed by atoms with Gasteiger partial charge in [0.25, 0.3) is 0 Å². The van der Waals surface area contributed by atoms with E-state index in [0.717, 1.165) is 37.7 Å². The van der Waals surface area contributed by atoms with E-state index in [4.69, 9.17) is 0 Å². The van der Waals surface area contributed by atoms with Crippen LogP contribution in [0.3, 0.4) is 0 Å². The van der Waals surface area contributed by atoms with E-state index in [1.54, 1.807) is 6.07 Å². The highest BCUT2D eigenvalue weighted by atomic mass is 19.4. The summed E-state index contributed by atoms with van der Waals surface area (Å²) in [5, 5.41) is 0. The van der Waals surface area contributed by atoms with Crippen LogP contribution < -0.4 is 4.74 Å². The van der Waals surface area contributed by atoms with E-state index >= 15 is 0 Å². The third-order valence-corrected chi connectivity index (χ3v) is 6.64. The van der Waals surface area contributed by atoms with Crippen molar-refractivity contribution in [3.05, 3.63) is 29.3 Å². The zero-order valence-electron chi connectivity index (χ0n) is 13.7. The maximum absolute atomic E-state index is 12.4. The number of carbonyl (C=O) groups is 1. The van der Waals surface area contributed by atoms with E-state index < -0.39 is 6.36 Å². The molecule has 24 heavy (non-hydrogen) atoms. The summed E-state index contributed by atoms with van der Waals surface area (Å²) in [5.74, 6) is 1.57. The lowest BCUT2D eigenvalue weighted by atomic mass is 9.55. The van der Waals surface area contributed by atoms with Gasteiger partial charge >= 0.3 is 6.36 Å². The Labute approximate surface area is 139 Å². The molecule has 0 radical (unpaired) electrons. The molecular weight excluding hydrogens is 317 g/mol. The molecule has 4 atom stereocenters. The quantitative estimate of drug-likeness (QED) is 0.719. The summed E-state index contributed by atoms with van der Waals surface area (Å²) in [6.07, 6.45) is 0.597. The van der Waals surface area contributed by atoms with E-state index in [1.165, 1.54) is 11.6 Å². The number of Topliss-reactive ketones (excluding diaryl/α,β-unsaturated/α-hetero) is 1. The SMILES string of the molecule is CC12CC[C@@H]3c4ccc(OC(F)(F)F)cc4CCC3[C@@H]1CCC2=O. The molecule has 4 rings (SSSR count). The Morgan fingerprint density at radius 2 is 1.96 bits per heavy atom. The average Bonchev–Trinajstić information content (AvgIpc) is 2.81. The maximum atomic E-state index is 12.4. The van der Waals surface area contributed by atoms with Gasteiger partial charge in [0.2, 0.25) is 0 Å². The lowest BCUT2D eigenvalue weighted by Gasteiger charge is -2.48. The van der Waals surface area contributed by atoms with Crippen LogP contribution in [0.4, 0.5) is 13.2 Å². The maximum Gasteiger partial charge on any atom is 0.573 e. The first-order valence-electron chi connectivity index (χ1n) is 8.70. The summed E-state index contributed by atoms with van der Waals surface area (Å²) < 4.78 is 41.3. The number of hydrogen-bond acceptors (Lipinski definition) is 2. The Morgan fingerprint density at radius 1 is 1.17 bits per heavy atom. The van der Waals surface area contributed by atoms with Gasteiger partial charge in [-0.15, -0.1) is 13.2 Å². The molecule has 0 spiro atoms. The van der Waals surface area contributed by atoms with Gasteiger partial charge in [-0.25, -0.2) is 0 Å². The highest BCUT2D eigenvalue weighted by molar-refractivity contribution is 5.87. The summed E-state index contributed by atoms with van der Waals surface area (Å²) in [6, 6.07) is 4.79. The van der Waals surface area contributed by atoms with Crippen molar-refractivity contribution in [2.24, 2.45) is 17.3 Å². The number of ketones is 1. The minimum atomic E-state index is -4.65. The van der Waals surface area contributed by atoms with Gasteiger partial charge in [-0.2, -0.15) is 0 Å². The van der Waals surface area contributed by atoms with Gasteiger partial charge in [-0.1, -0.05) is 13.0 Å². The van der Waals surface area contributed by atoms with Gasteiger partial charge in [-0.3, -0.25) is 4.79 Å². The number of halogens is 3. The first kappa shape index (κ1) is 16.0. The molecule has 0 aliphatic heterocycles. The zero-order valence-corrected chi connectivity index (χ0v) is 13.7. The molecule has 130 valence electrons. The molecule has 5 heteroatoms. The lowest BCUT2D eigenvalue weighted by Crippen LogP contribution is -2.42. The lowest BCUT2D eigenvalue weighted by molar-refractivity contribution is -0.274. The van der Waals surface area contributed by atoms with Crippen molar-refractivity contribution in [3.63, 3.8) is 0 Å². The van der Waals surface area contributed by atoms with Crippen molar-refractivity contribution >= 4 is 5.78 Å². The van der Waals surface area contributed by atoms with Crippen LogP contribution in [0, 0.1) is 17.3 Å². The van der Waals surface area contributed by atoms with Crippen LogP contribution in [0.1, 0.15) is 56.1 Å². The van der Waals surface area contributed by atoms with Crippen molar-refractivity contribution in [1.29, 1.82) is 0 Å². The fraction of sp³-hybridized carbons (Fsp3) is 0.632. The van der Waals surface area contributed by atoms with E-state index in [-0.39, 0.29) is 11.2 Å². The summed E-state index contributed by atoms with van der Waals surface area (Å²) in [5.41, 5.74) is 1.98. The first-order valence-corrected chi connectivity index (χ1v) is 8.70. The Morgan fingerprint density at radius 3 is 2.71 bits per heavy atom. The van der Waals surface area contributed by atoms with Crippen molar-refractivity contribution in [2.45, 2.75) is 57.7 Å². The Hall–Kier alpha value is -1.52. The number of ether oxygens (including phenoxy) is 1. The topological polar surface area (TPSA) is 26.3 Å². The molecule has 0 bridgehead atoms. The second-order valence-corrected chi connectivity index (χ2v) is 7.74. The number of hydrogen-bond donors (Lipinski definition) is 0. The summed E-state index contributed by atoms with van der Waals surface area (Å²) in [7, 11) is 0. The second kappa shape index (κ2) is 5.24. The number of rotatable bonds is 1. The van der Waals surface area contributed by atoms with Gasteiger partial charge in [0, 0.05) is 11.8 Å². The Bertz CT molecular complexity index is 682. The minimum absolute atomic E-state index is 0.128. The monoisotopic (exact) mass is 338 g/mol. The normalized spacial score (nSPS) is 35.2. The van der Waals surface area contributed by atoms with Crippen LogP contribution >= 0.6 is 0 Å². The third kappa shape index (κ3) is 2.44. The molecule has 2 fully saturated rings. The van der Waals surface area contributed by atoms with E-state index in [1.807, 2.05) is 6.07 Å². The fourth-order valence-corrected chi connectivity index (χ4v) is 5.53. The predicted octanol–water partition coefficient (Wildman–Crippen LogP) is 5.01. The molecule has 3 aliphatic rings. The molecule has 0 saturated heterocycles. The molecule has 3 aliphatic carbocycles. The van der Waals surface area contributed by atoms with Crippen LogP contribution in [0.15, 0.2) is 18.2 Å². The van der Waals surface area contributed by atoms with E-state index in [9.17, 15) is 18.0 Å². The minimum Gasteiger partial charge on any atom is -0.406 e. The van der Waals surface area contributed by atoms with Gasteiger partial charge in [0.1, 0.15) is 11.5 Å². The molecule has 2 saturated carbocycles. The predicted molar refractivity (Wildman–Crippen MR) is 82.7 cm³/mol. The zero-order chi connectivity index (χ0) is 17.1. The van der Waals surface area contributed by atoms with E-state index in [2.05, 4.69) is 11.7 Å². The molecule has 0 N–H and O–H groups in total. The summed E-state index contributed by atoms with van der Waals surface area (Å²) in [6.45, 7) is 2.12. The van der Waals surface area contributed by atoms with Crippen LogP contribution in [0.5, 0.6) is 5.75 Å². The highest BCUT2D eigenvalue weighted by Gasteiger charge is 2.54. The molecule has 0 heterocycles. The number of fused-ring (bicyclic) bond motifs is 5. The van der Waals surface area contributed by atoms with Crippen molar-refractivity contribution in [3.8, 4) is 5.75 Å². The summed E-state index contributed by atoms with van der Waals surface area (Å²) >= 11 is 0. The molecule has 2 nitrogen and oxygen atoms in total.